The SMILES string of the molecule is CCOc1ccc(N2C[C@H](C(=O)OCC(=O)NCc3ccccc3)CC2=O)cc1. The highest BCUT2D eigenvalue weighted by Crippen LogP contribution is 2.27. The molecule has 2 amide bonds. The number of ether oxygens (including phenoxy) is 2. The summed E-state index contributed by atoms with van der Waals surface area (Å²) in [5, 5.41) is 2.70. The number of nitrogens with one attached hydrogen (secondary N) is 1. The summed E-state index contributed by atoms with van der Waals surface area (Å²) < 4.78 is 10.5. The summed E-state index contributed by atoms with van der Waals surface area (Å²) in [6.45, 7) is 2.70. The highest BCUT2D eigenvalue weighted by atomic mass is 16.5. The van der Waals surface area contributed by atoms with Gasteiger partial charge in [-0.2, -0.15) is 0 Å². The molecule has 0 aliphatic carbocycles. The van der Waals surface area contributed by atoms with E-state index in [9.17, 15) is 14.4 Å². The Bertz CT molecular complexity index is 851. The Labute approximate surface area is 169 Å². The monoisotopic (exact) mass is 396 g/mol. The summed E-state index contributed by atoms with van der Waals surface area (Å²) in [5.74, 6) is -0.933. The molecule has 0 aromatic heterocycles. The number of hydrogen-bond donors (Lipinski definition) is 1. The highest BCUT2D eigenvalue weighted by Gasteiger charge is 2.36. The lowest BCUT2D eigenvalue weighted by Crippen LogP contribution is -2.31. The topological polar surface area (TPSA) is 84.9 Å². The van der Waals surface area contributed by atoms with Gasteiger partial charge in [-0.1, -0.05) is 30.3 Å². The summed E-state index contributed by atoms with van der Waals surface area (Å²) in [4.78, 5) is 38.0. The van der Waals surface area contributed by atoms with Crippen molar-refractivity contribution in [3.63, 3.8) is 0 Å². The van der Waals surface area contributed by atoms with Gasteiger partial charge in [0.2, 0.25) is 5.91 Å². The van der Waals surface area contributed by atoms with Crippen LogP contribution in [-0.2, 0) is 25.7 Å². The van der Waals surface area contributed by atoms with Crippen LogP contribution in [0.4, 0.5) is 5.69 Å². The molecule has 2 aromatic rings. The minimum absolute atomic E-state index is 0.0671. The normalized spacial score (nSPS) is 15.8. The quantitative estimate of drug-likeness (QED) is 0.692. The zero-order chi connectivity index (χ0) is 20.6. The van der Waals surface area contributed by atoms with E-state index in [-0.39, 0.29) is 31.4 Å². The number of hydrogen-bond acceptors (Lipinski definition) is 5. The lowest BCUT2D eigenvalue weighted by atomic mass is 10.1. The van der Waals surface area contributed by atoms with E-state index in [0.717, 1.165) is 11.3 Å². The fraction of sp³-hybridized carbons (Fsp3) is 0.318. The van der Waals surface area contributed by atoms with Crippen molar-refractivity contribution in [3.05, 3.63) is 60.2 Å². The summed E-state index contributed by atoms with van der Waals surface area (Å²) >= 11 is 0. The van der Waals surface area contributed by atoms with E-state index in [2.05, 4.69) is 5.32 Å². The van der Waals surface area contributed by atoms with E-state index in [1.807, 2.05) is 37.3 Å². The Morgan fingerprint density at radius 2 is 1.83 bits per heavy atom. The molecule has 1 fully saturated rings. The first kappa shape index (κ1) is 20.4. The minimum atomic E-state index is -0.587. The molecule has 1 heterocycles. The molecule has 1 N–H and O–H groups in total. The van der Waals surface area contributed by atoms with Crippen molar-refractivity contribution in [2.45, 2.75) is 19.9 Å². The molecule has 1 aliphatic rings. The maximum atomic E-state index is 12.3. The third-order valence-corrected chi connectivity index (χ3v) is 4.60. The van der Waals surface area contributed by atoms with Crippen molar-refractivity contribution in [1.29, 1.82) is 0 Å². The van der Waals surface area contributed by atoms with Gasteiger partial charge < -0.3 is 19.7 Å². The van der Waals surface area contributed by atoms with Gasteiger partial charge in [0.15, 0.2) is 6.61 Å². The van der Waals surface area contributed by atoms with Gasteiger partial charge >= 0.3 is 5.97 Å². The summed E-state index contributed by atoms with van der Waals surface area (Å²) in [6, 6.07) is 16.6. The van der Waals surface area contributed by atoms with Crippen LogP contribution in [0.1, 0.15) is 18.9 Å². The zero-order valence-electron chi connectivity index (χ0n) is 16.3. The van der Waals surface area contributed by atoms with Gasteiger partial charge in [-0.3, -0.25) is 14.4 Å². The predicted octanol–water partition coefficient (Wildman–Crippen LogP) is 2.30. The lowest BCUT2D eigenvalue weighted by Gasteiger charge is -2.17. The van der Waals surface area contributed by atoms with E-state index >= 15 is 0 Å². The fourth-order valence-corrected chi connectivity index (χ4v) is 3.11. The van der Waals surface area contributed by atoms with Crippen LogP contribution in [-0.4, -0.2) is 37.5 Å². The molecule has 1 atom stereocenters. The number of rotatable bonds is 8. The van der Waals surface area contributed by atoms with Crippen molar-refractivity contribution in [3.8, 4) is 5.75 Å². The van der Waals surface area contributed by atoms with Gasteiger partial charge in [-0.25, -0.2) is 0 Å². The Kier molecular flexibility index (Phi) is 6.84. The lowest BCUT2D eigenvalue weighted by molar-refractivity contribution is -0.152. The van der Waals surface area contributed by atoms with Crippen LogP contribution in [0.15, 0.2) is 54.6 Å². The number of anilines is 1. The number of carbonyl (C=O) groups is 3. The maximum Gasteiger partial charge on any atom is 0.311 e. The molecule has 0 spiro atoms. The molecule has 152 valence electrons. The average Bonchev–Trinajstić information content (AvgIpc) is 3.14. The Morgan fingerprint density at radius 1 is 1.10 bits per heavy atom. The Hall–Kier alpha value is -3.35. The number of amides is 2. The van der Waals surface area contributed by atoms with Gasteiger partial charge in [0.1, 0.15) is 5.75 Å². The fourth-order valence-electron chi connectivity index (χ4n) is 3.11. The van der Waals surface area contributed by atoms with Gasteiger partial charge in [0, 0.05) is 25.2 Å². The second kappa shape index (κ2) is 9.73. The van der Waals surface area contributed by atoms with Crippen LogP contribution in [0.2, 0.25) is 0 Å². The van der Waals surface area contributed by atoms with Crippen molar-refractivity contribution >= 4 is 23.5 Å². The smallest absolute Gasteiger partial charge is 0.311 e. The molecule has 1 saturated heterocycles. The first-order valence-electron chi connectivity index (χ1n) is 9.57. The molecule has 0 bridgehead atoms. The molecule has 0 radical (unpaired) electrons. The molecular formula is C22H24N2O5. The Morgan fingerprint density at radius 3 is 2.52 bits per heavy atom. The van der Waals surface area contributed by atoms with Crippen molar-refractivity contribution in [1.82, 2.24) is 5.32 Å². The largest absolute Gasteiger partial charge is 0.494 e. The number of nitrogens with zero attached hydrogens (tertiary/aromatic N) is 1. The molecule has 0 saturated carbocycles. The summed E-state index contributed by atoms with van der Waals surface area (Å²) in [6.07, 6.45) is 0.0671. The molecular weight excluding hydrogens is 372 g/mol. The zero-order valence-corrected chi connectivity index (χ0v) is 16.3. The first-order chi connectivity index (χ1) is 14.1. The first-order valence-corrected chi connectivity index (χ1v) is 9.57. The molecule has 2 aromatic carbocycles. The molecule has 7 heteroatoms. The number of esters is 1. The molecule has 0 unspecified atom stereocenters. The van der Waals surface area contributed by atoms with Gasteiger partial charge in [0.05, 0.1) is 12.5 Å². The number of benzene rings is 2. The molecule has 1 aliphatic heterocycles. The van der Waals surface area contributed by atoms with Crippen LogP contribution in [0.3, 0.4) is 0 Å². The third kappa shape index (κ3) is 5.57. The van der Waals surface area contributed by atoms with Gasteiger partial charge in [-0.05, 0) is 36.8 Å². The second-order valence-electron chi connectivity index (χ2n) is 6.70. The van der Waals surface area contributed by atoms with Gasteiger partial charge in [0.25, 0.3) is 5.91 Å². The van der Waals surface area contributed by atoms with E-state index in [1.165, 1.54) is 0 Å². The number of carbonyl (C=O) groups excluding carboxylic acids is 3. The van der Waals surface area contributed by atoms with Crippen LogP contribution >= 0.6 is 0 Å². The maximum absolute atomic E-state index is 12.3. The van der Waals surface area contributed by atoms with E-state index in [0.29, 0.717) is 18.8 Å². The van der Waals surface area contributed by atoms with E-state index in [1.54, 1.807) is 29.2 Å². The third-order valence-electron chi connectivity index (χ3n) is 4.60. The van der Waals surface area contributed by atoms with Crippen LogP contribution in [0.5, 0.6) is 5.75 Å². The summed E-state index contributed by atoms with van der Waals surface area (Å²) in [5.41, 5.74) is 1.66. The van der Waals surface area contributed by atoms with Crippen LogP contribution in [0, 0.1) is 5.92 Å². The highest BCUT2D eigenvalue weighted by molar-refractivity contribution is 5.99. The summed E-state index contributed by atoms with van der Waals surface area (Å²) in [7, 11) is 0. The van der Waals surface area contributed by atoms with Crippen molar-refractivity contribution in [2.24, 2.45) is 5.92 Å². The van der Waals surface area contributed by atoms with Crippen molar-refractivity contribution in [2.75, 3.05) is 24.7 Å². The molecule has 3 rings (SSSR count). The van der Waals surface area contributed by atoms with Gasteiger partial charge in [-0.15, -0.1) is 0 Å². The van der Waals surface area contributed by atoms with Crippen LogP contribution in [0.25, 0.3) is 0 Å². The predicted molar refractivity (Wildman–Crippen MR) is 107 cm³/mol. The average molecular weight is 396 g/mol. The molecule has 7 nitrogen and oxygen atoms in total. The minimum Gasteiger partial charge on any atom is -0.494 e. The Balaban J connectivity index is 1.46. The standard InChI is InChI=1S/C22H24N2O5/c1-2-28-19-10-8-18(9-11-19)24-14-17(12-21(24)26)22(27)29-15-20(25)23-13-16-6-4-3-5-7-16/h3-11,17H,2,12-15H2,1H3,(H,23,25)/t17-/m1/s1. The van der Waals surface area contributed by atoms with E-state index < -0.39 is 11.9 Å². The van der Waals surface area contributed by atoms with Crippen molar-refractivity contribution < 1.29 is 23.9 Å². The van der Waals surface area contributed by atoms with Crippen LogP contribution < -0.4 is 15.0 Å². The molecule has 29 heavy (non-hydrogen) atoms. The second-order valence-corrected chi connectivity index (χ2v) is 6.70. The van der Waals surface area contributed by atoms with E-state index in [4.69, 9.17) is 9.47 Å².